The first-order chi connectivity index (χ1) is 25.4. The highest BCUT2D eigenvalue weighted by molar-refractivity contribution is 6.31. The zero-order chi connectivity index (χ0) is 35.1. The van der Waals surface area contributed by atoms with Gasteiger partial charge in [-0.3, -0.25) is 0 Å². The largest absolute Gasteiger partial charge is 0.0616 e. The molecule has 10 rings (SSSR count). The number of aryl methyl sites for hydroxylation is 4. The van der Waals surface area contributed by atoms with Crippen LogP contribution in [0.5, 0.6) is 0 Å². The van der Waals surface area contributed by atoms with Crippen LogP contribution in [0.1, 0.15) is 22.3 Å². The Morgan fingerprint density at radius 2 is 0.538 bits per heavy atom. The summed E-state index contributed by atoms with van der Waals surface area (Å²) in [7, 11) is 0. The van der Waals surface area contributed by atoms with Crippen LogP contribution in [0.25, 0.3) is 98.0 Å². The highest BCUT2D eigenvalue weighted by atomic mass is 14.3. The van der Waals surface area contributed by atoms with Gasteiger partial charge in [-0.2, -0.15) is 0 Å². The van der Waals surface area contributed by atoms with E-state index in [1.165, 1.54) is 120 Å². The van der Waals surface area contributed by atoms with E-state index in [0.717, 1.165) is 0 Å². The molecule has 0 aromatic heterocycles. The summed E-state index contributed by atoms with van der Waals surface area (Å²) in [5.74, 6) is 0. The van der Waals surface area contributed by atoms with E-state index < -0.39 is 0 Å². The predicted molar refractivity (Wildman–Crippen MR) is 227 cm³/mol. The summed E-state index contributed by atoms with van der Waals surface area (Å²) in [6.07, 6.45) is 0. The van der Waals surface area contributed by atoms with Crippen molar-refractivity contribution in [3.63, 3.8) is 0 Å². The van der Waals surface area contributed by atoms with Crippen molar-refractivity contribution in [2.45, 2.75) is 27.7 Å². The average molecular weight is 663 g/mol. The summed E-state index contributed by atoms with van der Waals surface area (Å²) in [6, 6.07) is 59.5. The molecular weight excluding hydrogens is 625 g/mol. The van der Waals surface area contributed by atoms with Crippen LogP contribution in [0.4, 0.5) is 0 Å². The molecule has 0 nitrogen and oxygen atoms in total. The second kappa shape index (κ2) is 11.7. The molecule has 0 amide bonds. The average Bonchev–Trinajstić information content (AvgIpc) is 3.16. The van der Waals surface area contributed by atoms with Crippen molar-refractivity contribution in [2.24, 2.45) is 0 Å². The second-order valence-corrected chi connectivity index (χ2v) is 14.7. The van der Waals surface area contributed by atoms with Crippen LogP contribution in [-0.4, -0.2) is 0 Å². The maximum absolute atomic E-state index is 2.43. The van der Waals surface area contributed by atoms with Gasteiger partial charge in [0.25, 0.3) is 0 Å². The van der Waals surface area contributed by atoms with E-state index in [-0.39, 0.29) is 0 Å². The van der Waals surface area contributed by atoms with Gasteiger partial charge >= 0.3 is 0 Å². The first kappa shape index (κ1) is 30.6. The van der Waals surface area contributed by atoms with Crippen LogP contribution in [0.15, 0.2) is 158 Å². The van der Waals surface area contributed by atoms with Crippen LogP contribution < -0.4 is 0 Å². The van der Waals surface area contributed by atoms with Crippen molar-refractivity contribution < 1.29 is 0 Å². The van der Waals surface area contributed by atoms with Crippen LogP contribution in [0.3, 0.4) is 0 Å². The molecule has 0 heteroatoms. The first-order valence-corrected chi connectivity index (χ1v) is 18.3. The van der Waals surface area contributed by atoms with Crippen molar-refractivity contribution in [1.29, 1.82) is 0 Å². The third-order valence-corrected chi connectivity index (χ3v) is 11.2. The molecule has 0 spiro atoms. The lowest BCUT2D eigenvalue weighted by Crippen LogP contribution is -1.96. The summed E-state index contributed by atoms with van der Waals surface area (Å²) >= 11 is 0. The van der Waals surface area contributed by atoms with Gasteiger partial charge in [0.1, 0.15) is 0 Å². The smallest absolute Gasteiger partial charge is 0.00138 e. The number of benzene rings is 10. The van der Waals surface area contributed by atoms with Gasteiger partial charge in [0.2, 0.25) is 0 Å². The molecule has 0 radical (unpaired) electrons. The van der Waals surface area contributed by atoms with E-state index >= 15 is 0 Å². The van der Waals surface area contributed by atoms with Crippen LogP contribution >= 0.6 is 0 Å². The third kappa shape index (κ3) is 4.61. The Labute approximate surface area is 304 Å². The Morgan fingerprint density at radius 3 is 0.923 bits per heavy atom. The van der Waals surface area contributed by atoms with Gasteiger partial charge in [-0.25, -0.2) is 0 Å². The Kier molecular flexibility index (Phi) is 6.85. The maximum atomic E-state index is 2.43. The summed E-state index contributed by atoms with van der Waals surface area (Å²) in [6.45, 7) is 8.91. The Morgan fingerprint density at radius 1 is 0.231 bits per heavy atom. The van der Waals surface area contributed by atoms with Crippen LogP contribution in [-0.2, 0) is 0 Å². The summed E-state index contributed by atoms with van der Waals surface area (Å²) in [5, 5.41) is 15.4. The molecule has 0 fully saturated rings. The number of hydrogen-bond acceptors (Lipinski definition) is 0. The maximum Gasteiger partial charge on any atom is -0.00138 e. The second-order valence-electron chi connectivity index (χ2n) is 14.7. The molecular formula is C52H38. The number of rotatable bonds is 3. The molecule has 0 unspecified atom stereocenters. The summed E-state index contributed by atoms with van der Waals surface area (Å²) in [5.41, 5.74) is 12.8. The lowest BCUT2D eigenvalue weighted by molar-refractivity contribution is 1.49. The molecule has 0 aliphatic rings. The lowest BCUT2D eigenvalue weighted by Gasteiger charge is -2.24. The van der Waals surface area contributed by atoms with Gasteiger partial charge in [0.15, 0.2) is 0 Å². The minimum Gasteiger partial charge on any atom is -0.0616 e. The van der Waals surface area contributed by atoms with Gasteiger partial charge < -0.3 is 0 Å². The highest BCUT2D eigenvalue weighted by Gasteiger charge is 2.24. The van der Waals surface area contributed by atoms with Crippen molar-refractivity contribution >= 4 is 64.6 Å². The molecule has 0 saturated carbocycles. The van der Waals surface area contributed by atoms with E-state index in [1.807, 2.05) is 0 Å². The standard InChI is InChI=1S/C52H38/c1-31-21-25-43-45(27-31)49(39-17-9-13-35-11-5-7-15-37(35)39)41-23-19-33(3)29-47(41)51(43)52-44-26-22-32(2)28-46(44)50(42-24-20-34(4)30-48(42)52)40-18-10-14-36-12-6-8-16-38(36)40/h5-30H,1-4H3. The highest BCUT2D eigenvalue weighted by Crippen LogP contribution is 2.51. The van der Waals surface area contributed by atoms with Gasteiger partial charge in [-0.1, -0.05) is 180 Å². The van der Waals surface area contributed by atoms with Gasteiger partial charge in [0.05, 0.1) is 0 Å². The van der Waals surface area contributed by atoms with Gasteiger partial charge in [-0.15, -0.1) is 0 Å². The Balaban J connectivity index is 1.45. The molecule has 0 atom stereocenters. The third-order valence-electron chi connectivity index (χ3n) is 11.2. The minimum absolute atomic E-state index is 1.26. The van der Waals surface area contributed by atoms with Crippen LogP contribution in [0, 0.1) is 27.7 Å². The fourth-order valence-electron chi connectivity index (χ4n) is 8.92. The molecule has 246 valence electrons. The Bertz CT molecular complexity index is 2880. The van der Waals surface area contributed by atoms with Crippen molar-refractivity contribution in [2.75, 3.05) is 0 Å². The van der Waals surface area contributed by atoms with Gasteiger partial charge in [-0.05, 0) is 126 Å². The summed E-state index contributed by atoms with van der Waals surface area (Å²) in [4.78, 5) is 0. The fraction of sp³-hybridized carbons (Fsp3) is 0.0769. The predicted octanol–water partition coefficient (Wildman–Crippen LogP) is 14.8. The monoisotopic (exact) mass is 662 g/mol. The Hall–Kier alpha value is -6.24. The molecule has 10 aromatic rings. The van der Waals surface area contributed by atoms with E-state index in [2.05, 4.69) is 185 Å². The van der Waals surface area contributed by atoms with Gasteiger partial charge in [0, 0.05) is 0 Å². The molecule has 0 N–H and O–H groups in total. The topological polar surface area (TPSA) is 0 Å². The number of hydrogen-bond donors (Lipinski definition) is 0. The molecule has 0 aliphatic carbocycles. The SMILES string of the molecule is Cc1ccc2c(-c3c4ccc(C)cc4c(-c4cccc5ccccc45)c4ccc(C)cc34)c3cc(C)ccc3c(-c3cccc4ccccc34)c2c1. The van der Waals surface area contributed by atoms with E-state index in [9.17, 15) is 0 Å². The molecule has 0 heterocycles. The van der Waals surface area contributed by atoms with E-state index in [4.69, 9.17) is 0 Å². The minimum atomic E-state index is 1.26. The molecule has 10 aromatic carbocycles. The lowest BCUT2D eigenvalue weighted by atomic mass is 9.79. The molecule has 0 aliphatic heterocycles. The van der Waals surface area contributed by atoms with Crippen LogP contribution in [0.2, 0.25) is 0 Å². The summed E-state index contributed by atoms with van der Waals surface area (Å²) < 4.78 is 0. The van der Waals surface area contributed by atoms with E-state index in [1.54, 1.807) is 0 Å². The fourth-order valence-corrected chi connectivity index (χ4v) is 8.92. The van der Waals surface area contributed by atoms with E-state index in [0.29, 0.717) is 0 Å². The molecule has 0 bridgehead atoms. The molecule has 0 saturated heterocycles. The zero-order valence-corrected chi connectivity index (χ0v) is 30.0. The van der Waals surface area contributed by atoms with Crippen molar-refractivity contribution in [3.05, 3.63) is 180 Å². The number of fused-ring (bicyclic) bond motifs is 6. The van der Waals surface area contributed by atoms with Crippen molar-refractivity contribution in [3.8, 4) is 33.4 Å². The quantitative estimate of drug-likeness (QED) is 0.165. The zero-order valence-electron chi connectivity index (χ0n) is 30.0. The molecule has 52 heavy (non-hydrogen) atoms. The first-order valence-electron chi connectivity index (χ1n) is 18.3. The normalized spacial score (nSPS) is 11.8. The van der Waals surface area contributed by atoms with Crippen molar-refractivity contribution in [1.82, 2.24) is 0 Å².